The van der Waals surface area contributed by atoms with E-state index in [4.69, 9.17) is 15.5 Å². The molecular formula is C32H38FN9O2. The van der Waals surface area contributed by atoms with Gasteiger partial charge in [-0.3, -0.25) is 9.69 Å². The lowest BCUT2D eigenvalue weighted by molar-refractivity contribution is -0.144. The second-order valence-electron chi connectivity index (χ2n) is 11.9. The van der Waals surface area contributed by atoms with Crippen molar-refractivity contribution in [2.75, 3.05) is 67.1 Å². The molecule has 230 valence electrons. The van der Waals surface area contributed by atoms with Gasteiger partial charge in [-0.2, -0.15) is 9.67 Å². The van der Waals surface area contributed by atoms with Crippen LogP contribution < -0.4 is 21.3 Å². The number of aromatic nitrogens is 4. The van der Waals surface area contributed by atoms with Gasteiger partial charge < -0.3 is 26.0 Å². The number of hydrogen-bond acceptors (Lipinski definition) is 10. The van der Waals surface area contributed by atoms with Gasteiger partial charge in [0, 0.05) is 43.8 Å². The molecule has 0 radical (unpaired) electrons. The number of ether oxygens (including phenoxy) is 1. The number of nitrogen functional groups attached to an aromatic ring is 1. The van der Waals surface area contributed by atoms with E-state index in [1.54, 1.807) is 23.7 Å². The third-order valence-electron chi connectivity index (χ3n) is 9.14. The van der Waals surface area contributed by atoms with Crippen molar-refractivity contribution in [3.63, 3.8) is 0 Å². The van der Waals surface area contributed by atoms with Gasteiger partial charge in [-0.05, 0) is 68.9 Å². The second kappa shape index (κ2) is 11.6. The van der Waals surface area contributed by atoms with Gasteiger partial charge in [0.05, 0.1) is 30.2 Å². The summed E-state index contributed by atoms with van der Waals surface area (Å²) in [6, 6.07) is 7.10. The van der Waals surface area contributed by atoms with Crippen molar-refractivity contribution < 1.29 is 13.9 Å². The number of hydrogen-bond donors (Lipinski definition) is 3. The average molecular weight is 600 g/mol. The molecule has 4 N–H and O–H groups in total. The zero-order valence-electron chi connectivity index (χ0n) is 25.0. The van der Waals surface area contributed by atoms with E-state index in [0.717, 1.165) is 50.0 Å². The second-order valence-corrected chi connectivity index (χ2v) is 11.9. The Morgan fingerprint density at radius 1 is 1.18 bits per heavy atom. The molecule has 0 saturated carbocycles. The van der Waals surface area contributed by atoms with Crippen LogP contribution in [0.5, 0.6) is 0 Å². The summed E-state index contributed by atoms with van der Waals surface area (Å²) in [7, 11) is 0. The number of fused-ring (bicyclic) bond motifs is 3. The van der Waals surface area contributed by atoms with Gasteiger partial charge in [0.2, 0.25) is 11.9 Å². The summed E-state index contributed by atoms with van der Waals surface area (Å²) in [5.41, 5.74) is 12.1. The number of benzene rings is 1. The molecule has 5 aliphatic rings. The lowest BCUT2D eigenvalue weighted by atomic mass is 9.65. The maximum absolute atomic E-state index is 15.3. The van der Waals surface area contributed by atoms with Crippen LogP contribution in [0.1, 0.15) is 43.9 Å². The smallest absolute Gasteiger partial charge is 0.320 e. The van der Waals surface area contributed by atoms with Crippen LogP contribution in [0.4, 0.5) is 33.3 Å². The van der Waals surface area contributed by atoms with E-state index in [-0.39, 0.29) is 35.6 Å². The zero-order valence-corrected chi connectivity index (χ0v) is 25.0. The topological polar surface area (TPSA) is 126 Å². The highest BCUT2D eigenvalue weighted by molar-refractivity contribution is 5.71. The van der Waals surface area contributed by atoms with Crippen molar-refractivity contribution in [3.8, 4) is 5.82 Å². The number of nitrogens with zero attached hydrogens (tertiary/aromatic N) is 6. The highest BCUT2D eigenvalue weighted by Gasteiger charge is 2.38. The van der Waals surface area contributed by atoms with Crippen LogP contribution in [0, 0.1) is 5.82 Å². The van der Waals surface area contributed by atoms with Crippen molar-refractivity contribution in [2.45, 2.75) is 44.4 Å². The molecule has 44 heavy (non-hydrogen) atoms. The summed E-state index contributed by atoms with van der Waals surface area (Å²) in [5, 5.41) is 11.4. The van der Waals surface area contributed by atoms with Gasteiger partial charge in [-0.25, -0.2) is 9.37 Å². The van der Waals surface area contributed by atoms with Crippen molar-refractivity contribution in [3.05, 3.63) is 65.1 Å². The molecule has 0 spiro atoms. The van der Waals surface area contributed by atoms with Crippen LogP contribution in [0.25, 0.3) is 5.82 Å². The van der Waals surface area contributed by atoms with Gasteiger partial charge in [-0.15, -0.1) is 5.10 Å². The molecule has 0 amide bonds. The van der Waals surface area contributed by atoms with Crippen LogP contribution in [-0.4, -0.2) is 76.5 Å². The van der Waals surface area contributed by atoms with Gasteiger partial charge >= 0.3 is 5.97 Å². The first-order chi connectivity index (χ1) is 21.4. The van der Waals surface area contributed by atoms with Crippen LogP contribution in [-0.2, 0) is 21.4 Å². The number of carbonyl (C=O) groups excluding carboxylic acids is 1. The van der Waals surface area contributed by atoms with E-state index in [9.17, 15) is 4.79 Å². The summed E-state index contributed by atoms with van der Waals surface area (Å²) < 4.78 is 21.9. The number of rotatable bonds is 8. The lowest BCUT2D eigenvalue weighted by Gasteiger charge is -2.40. The van der Waals surface area contributed by atoms with Crippen LogP contribution in [0.2, 0.25) is 0 Å². The van der Waals surface area contributed by atoms with Crippen molar-refractivity contribution in [2.24, 2.45) is 0 Å². The molecule has 1 aromatic carbocycles. The summed E-state index contributed by atoms with van der Waals surface area (Å²) in [6.45, 7) is 5.90. The number of piperazine rings is 1. The van der Waals surface area contributed by atoms with E-state index >= 15 is 4.39 Å². The molecule has 12 heteroatoms. The predicted molar refractivity (Wildman–Crippen MR) is 168 cm³/mol. The molecule has 11 nitrogen and oxygen atoms in total. The normalized spacial score (nSPS) is 21.0. The fourth-order valence-electron chi connectivity index (χ4n) is 6.77. The van der Waals surface area contributed by atoms with Gasteiger partial charge in [-0.1, -0.05) is 23.8 Å². The number of allylic oxidation sites excluding steroid dienone is 4. The monoisotopic (exact) mass is 599 g/mol. The van der Waals surface area contributed by atoms with Crippen molar-refractivity contribution in [1.82, 2.24) is 24.6 Å². The number of halogens is 1. The third kappa shape index (κ3) is 5.38. The largest absolute Gasteiger partial charge is 0.465 e. The maximum Gasteiger partial charge on any atom is 0.320 e. The Bertz CT molecular complexity index is 1640. The Hall–Kier alpha value is -4.45. The molecular weight excluding hydrogens is 561 g/mol. The van der Waals surface area contributed by atoms with E-state index in [1.807, 2.05) is 9.80 Å². The predicted octanol–water partition coefficient (Wildman–Crippen LogP) is 4.09. The summed E-state index contributed by atoms with van der Waals surface area (Å²) in [6.07, 6.45) is 12.0. The first-order valence-electron chi connectivity index (χ1n) is 15.5. The zero-order chi connectivity index (χ0) is 30.3. The summed E-state index contributed by atoms with van der Waals surface area (Å²) >= 11 is 0. The minimum Gasteiger partial charge on any atom is -0.465 e. The number of pyridine rings is 1. The molecule has 1 saturated heterocycles. The molecule has 1 fully saturated rings. The summed E-state index contributed by atoms with van der Waals surface area (Å²) in [4.78, 5) is 25.2. The molecule has 1 atom stereocenters. The Kier molecular flexibility index (Phi) is 7.45. The Morgan fingerprint density at radius 3 is 2.77 bits per heavy atom. The Balaban J connectivity index is 1.08. The molecule has 3 aliphatic carbocycles. The fourth-order valence-corrected chi connectivity index (χ4v) is 6.77. The highest BCUT2D eigenvalue weighted by Crippen LogP contribution is 2.48. The molecule has 4 heterocycles. The molecule has 2 aliphatic heterocycles. The number of nitrogens with one attached hydrogen (secondary N) is 2. The van der Waals surface area contributed by atoms with Crippen LogP contribution >= 0.6 is 0 Å². The minimum absolute atomic E-state index is 0.0723. The number of carbonyl (C=O) groups is 1. The number of anilines is 5. The molecule has 2 bridgehead atoms. The Morgan fingerprint density at radius 2 is 2.05 bits per heavy atom. The lowest BCUT2D eigenvalue weighted by Crippen LogP contribution is -2.48. The first-order valence-corrected chi connectivity index (χ1v) is 15.5. The average Bonchev–Trinajstić information content (AvgIpc) is 3.41. The van der Waals surface area contributed by atoms with Crippen LogP contribution in [0.3, 0.4) is 0 Å². The van der Waals surface area contributed by atoms with Gasteiger partial charge in [0.25, 0.3) is 0 Å². The molecule has 1 unspecified atom stereocenters. The van der Waals surface area contributed by atoms with Crippen molar-refractivity contribution in [1.29, 1.82) is 0 Å². The molecule has 2 aromatic heterocycles. The highest BCUT2D eigenvalue weighted by atomic mass is 19.1. The van der Waals surface area contributed by atoms with Crippen molar-refractivity contribution >= 4 is 34.9 Å². The van der Waals surface area contributed by atoms with E-state index in [0.29, 0.717) is 50.0 Å². The number of nitrogens with two attached hydrogens (primary N) is 1. The SMILES string of the molecule is CCOC(=O)CN1CCN(c2ccc(Nc3nc(N)n(-c4cc(C56C=CC(=CC5)CC6)c5c(n4)CCCN5)n3)cc2F)CC1. The fraction of sp³-hybridized carbons (Fsp3) is 0.438. The maximum atomic E-state index is 15.3. The van der Waals surface area contributed by atoms with Gasteiger partial charge in [0.15, 0.2) is 5.82 Å². The quantitative estimate of drug-likeness (QED) is 0.326. The van der Waals surface area contributed by atoms with Gasteiger partial charge in [0.1, 0.15) is 5.82 Å². The minimum atomic E-state index is -0.348. The number of esters is 1. The number of aryl methyl sites for hydroxylation is 1. The van der Waals surface area contributed by atoms with E-state index in [2.05, 4.69) is 45.0 Å². The molecule has 3 aromatic rings. The third-order valence-corrected chi connectivity index (χ3v) is 9.14. The standard InChI is InChI=1S/C32H38FN9O2/c1-2-44-28(43)20-40-14-16-41(17-15-40)26-6-5-22(18-24(26)33)36-31-38-30(34)42(39-31)27-19-23(29-25(37-27)4-3-13-35-29)32-10-7-21(8-11-32)9-12-32/h5-8,10,18-19,35H,2-4,9,11-17,20H2,1H3,(H3,34,36,38,39). The van der Waals surface area contributed by atoms with Crippen LogP contribution in [0.15, 0.2) is 48.1 Å². The molecule has 8 rings (SSSR count). The first kappa shape index (κ1) is 28.3. The Labute approximate surface area is 256 Å². The van der Waals surface area contributed by atoms with E-state index in [1.165, 1.54) is 17.2 Å². The summed E-state index contributed by atoms with van der Waals surface area (Å²) in [5.74, 6) is 0.522. The van der Waals surface area contributed by atoms with E-state index < -0.39 is 0 Å².